The lowest BCUT2D eigenvalue weighted by molar-refractivity contribution is 0.0521. The number of likely N-dealkylation sites (tertiary alicyclic amines) is 1. The molecule has 0 atom stereocenters. The Kier molecular flexibility index (Phi) is 6.28. The zero-order valence-electron chi connectivity index (χ0n) is 18.8. The predicted molar refractivity (Wildman–Crippen MR) is 128 cm³/mol. The van der Waals surface area contributed by atoms with Gasteiger partial charge in [0.25, 0.3) is 0 Å². The summed E-state index contributed by atoms with van der Waals surface area (Å²) in [6.07, 6.45) is 6.22. The number of carbonyl (C=O) groups is 1. The number of nitrogens with zero attached hydrogens (tertiary/aromatic N) is 1. The normalized spacial score (nSPS) is 16.4. The summed E-state index contributed by atoms with van der Waals surface area (Å²) < 4.78 is 5.32. The molecule has 0 spiro atoms. The SMILES string of the molecule is CC(C)(C)OC(=O)NCCN1CCC(=C2c3ccccc3C=Cc3ccccc32)CC1. The maximum atomic E-state index is 11.9. The number of nitrogens with one attached hydrogen (secondary N) is 1. The van der Waals surface area contributed by atoms with E-state index in [-0.39, 0.29) is 6.09 Å². The van der Waals surface area contributed by atoms with Crippen LogP contribution in [0.15, 0.2) is 54.1 Å². The molecule has 4 heteroatoms. The van der Waals surface area contributed by atoms with Crippen molar-refractivity contribution >= 4 is 23.8 Å². The smallest absolute Gasteiger partial charge is 0.407 e. The highest BCUT2D eigenvalue weighted by Crippen LogP contribution is 2.38. The van der Waals surface area contributed by atoms with Crippen molar-refractivity contribution in [1.82, 2.24) is 10.2 Å². The van der Waals surface area contributed by atoms with E-state index in [1.807, 2.05) is 20.8 Å². The monoisotopic (exact) mass is 416 g/mol. The van der Waals surface area contributed by atoms with Crippen molar-refractivity contribution in [2.24, 2.45) is 0 Å². The van der Waals surface area contributed by atoms with Gasteiger partial charge in [0.1, 0.15) is 5.60 Å². The maximum absolute atomic E-state index is 11.9. The van der Waals surface area contributed by atoms with Crippen LogP contribution in [0.5, 0.6) is 0 Å². The summed E-state index contributed by atoms with van der Waals surface area (Å²) in [6, 6.07) is 17.4. The van der Waals surface area contributed by atoms with E-state index in [1.54, 1.807) is 0 Å². The van der Waals surface area contributed by atoms with Gasteiger partial charge in [-0.15, -0.1) is 0 Å². The molecule has 1 aliphatic heterocycles. The second-order valence-corrected chi connectivity index (χ2v) is 9.26. The highest BCUT2D eigenvalue weighted by Gasteiger charge is 2.22. The Morgan fingerprint density at radius 3 is 2.03 bits per heavy atom. The first-order valence-corrected chi connectivity index (χ1v) is 11.2. The number of hydrogen-bond donors (Lipinski definition) is 1. The fourth-order valence-electron chi connectivity index (χ4n) is 4.37. The zero-order valence-corrected chi connectivity index (χ0v) is 18.8. The summed E-state index contributed by atoms with van der Waals surface area (Å²) in [4.78, 5) is 14.3. The molecule has 1 saturated heterocycles. The second kappa shape index (κ2) is 9.11. The summed E-state index contributed by atoms with van der Waals surface area (Å²) in [5.41, 5.74) is 7.70. The van der Waals surface area contributed by atoms with Crippen LogP contribution >= 0.6 is 0 Å². The van der Waals surface area contributed by atoms with Gasteiger partial charge in [0, 0.05) is 26.2 Å². The standard InChI is InChI=1S/C27H32N2O2/c1-27(2,3)31-26(30)28-16-19-29-17-14-22(15-18-29)25-23-10-6-4-8-20(23)12-13-21-9-5-7-11-24(21)25/h4-13H,14-19H2,1-3H3,(H,28,30). The number of ether oxygens (including phenoxy) is 1. The number of fused-ring (bicyclic) bond motifs is 2. The minimum absolute atomic E-state index is 0.341. The molecule has 31 heavy (non-hydrogen) atoms. The molecule has 4 nitrogen and oxygen atoms in total. The molecule has 1 N–H and O–H groups in total. The number of hydrogen-bond acceptors (Lipinski definition) is 3. The summed E-state index contributed by atoms with van der Waals surface area (Å²) in [6.45, 7) is 9.11. The Labute approximate surface area is 185 Å². The maximum Gasteiger partial charge on any atom is 0.407 e. The van der Waals surface area contributed by atoms with Crippen molar-refractivity contribution < 1.29 is 9.53 Å². The lowest BCUT2D eigenvalue weighted by Gasteiger charge is -2.30. The van der Waals surface area contributed by atoms with Gasteiger partial charge in [0.2, 0.25) is 0 Å². The van der Waals surface area contributed by atoms with Crippen molar-refractivity contribution in [2.45, 2.75) is 39.2 Å². The quantitative estimate of drug-likeness (QED) is 0.605. The number of carbonyl (C=O) groups excluding carboxylic acids is 1. The van der Waals surface area contributed by atoms with Crippen LogP contribution in [-0.2, 0) is 4.74 Å². The van der Waals surface area contributed by atoms with Gasteiger partial charge >= 0.3 is 6.09 Å². The van der Waals surface area contributed by atoms with Gasteiger partial charge in [-0.2, -0.15) is 0 Å². The Bertz CT molecular complexity index is 952. The fourth-order valence-corrected chi connectivity index (χ4v) is 4.37. The second-order valence-electron chi connectivity index (χ2n) is 9.26. The Hall–Kier alpha value is -2.85. The molecule has 2 aromatic carbocycles. The largest absolute Gasteiger partial charge is 0.444 e. The van der Waals surface area contributed by atoms with E-state index in [0.29, 0.717) is 6.54 Å². The summed E-state index contributed by atoms with van der Waals surface area (Å²) in [5, 5.41) is 2.87. The number of amides is 1. The topological polar surface area (TPSA) is 41.6 Å². The van der Waals surface area contributed by atoms with Gasteiger partial charge < -0.3 is 15.0 Å². The van der Waals surface area contributed by atoms with Crippen molar-refractivity contribution in [3.05, 3.63) is 76.4 Å². The Morgan fingerprint density at radius 2 is 1.48 bits per heavy atom. The molecule has 0 radical (unpaired) electrons. The summed E-state index contributed by atoms with van der Waals surface area (Å²) in [5.74, 6) is 0. The third-order valence-corrected chi connectivity index (χ3v) is 5.81. The van der Waals surface area contributed by atoms with Gasteiger partial charge in [0.05, 0.1) is 0 Å². The fraction of sp³-hybridized carbons (Fsp3) is 0.370. The predicted octanol–water partition coefficient (Wildman–Crippen LogP) is 5.59. The molecule has 1 fully saturated rings. The van der Waals surface area contributed by atoms with Crippen LogP contribution in [0.2, 0.25) is 0 Å². The van der Waals surface area contributed by atoms with E-state index < -0.39 is 5.60 Å². The highest BCUT2D eigenvalue weighted by molar-refractivity contribution is 5.94. The molecule has 2 aromatic rings. The van der Waals surface area contributed by atoms with E-state index in [2.05, 4.69) is 70.9 Å². The van der Waals surface area contributed by atoms with Crippen LogP contribution in [0.25, 0.3) is 17.7 Å². The van der Waals surface area contributed by atoms with E-state index in [1.165, 1.54) is 33.4 Å². The first-order valence-electron chi connectivity index (χ1n) is 11.2. The molecule has 4 rings (SSSR count). The molecular formula is C27H32N2O2. The van der Waals surface area contributed by atoms with Crippen LogP contribution < -0.4 is 5.32 Å². The molecule has 0 saturated carbocycles. The minimum Gasteiger partial charge on any atom is -0.444 e. The molecule has 1 heterocycles. The summed E-state index contributed by atoms with van der Waals surface area (Å²) >= 11 is 0. The minimum atomic E-state index is -0.462. The third kappa shape index (κ3) is 5.26. The zero-order chi connectivity index (χ0) is 21.8. The average molecular weight is 417 g/mol. The van der Waals surface area contributed by atoms with Gasteiger partial charge in [-0.3, -0.25) is 0 Å². The number of alkyl carbamates (subject to hydrolysis) is 1. The van der Waals surface area contributed by atoms with Crippen LogP contribution in [-0.4, -0.2) is 42.8 Å². The van der Waals surface area contributed by atoms with E-state index in [4.69, 9.17) is 4.74 Å². The van der Waals surface area contributed by atoms with Crippen LogP contribution in [0.1, 0.15) is 55.9 Å². The van der Waals surface area contributed by atoms with Gasteiger partial charge in [0.15, 0.2) is 0 Å². The first kappa shape index (κ1) is 21.4. The lowest BCUT2D eigenvalue weighted by Crippen LogP contribution is -2.40. The van der Waals surface area contributed by atoms with Crippen LogP contribution in [0.3, 0.4) is 0 Å². The van der Waals surface area contributed by atoms with Crippen molar-refractivity contribution in [2.75, 3.05) is 26.2 Å². The molecule has 0 aromatic heterocycles. The molecule has 162 valence electrons. The van der Waals surface area contributed by atoms with Crippen molar-refractivity contribution in [3.8, 4) is 0 Å². The average Bonchev–Trinajstić information content (AvgIpc) is 2.90. The van der Waals surface area contributed by atoms with Gasteiger partial charge in [-0.05, 0) is 61.4 Å². The molecule has 1 aliphatic carbocycles. The Morgan fingerprint density at radius 1 is 0.935 bits per heavy atom. The summed E-state index contributed by atoms with van der Waals surface area (Å²) in [7, 11) is 0. The Balaban J connectivity index is 1.46. The van der Waals surface area contributed by atoms with Gasteiger partial charge in [-0.25, -0.2) is 4.79 Å². The molecule has 2 aliphatic rings. The third-order valence-electron chi connectivity index (χ3n) is 5.81. The number of rotatable bonds is 3. The van der Waals surface area contributed by atoms with Crippen molar-refractivity contribution in [1.29, 1.82) is 0 Å². The van der Waals surface area contributed by atoms with E-state index in [9.17, 15) is 4.79 Å². The number of benzene rings is 2. The van der Waals surface area contributed by atoms with Gasteiger partial charge in [-0.1, -0.05) is 66.3 Å². The van der Waals surface area contributed by atoms with Crippen molar-refractivity contribution in [3.63, 3.8) is 0 Å². The molecule has 1 amide bonds. The van der Waals surface area contributed by atoms with E-state index in [0.717, 1.165) is 32.5 Å². The molecular weight excluding hydrogens is 384 g/mol. The molecule has 0 bridgehead atoms. The van der Waals surface area contributed by atoms with Crippen LogP contribution in [0, 0.1) is 0 Å². The first-order chi connectivity index (χ1) is 14.9. The molecule has 0 unspecified atom stereocenters. The van der Waals surface area contributed by atoms with Crippen LogP contribution in [0.4, 0.5) is 4.79 Å². The number of piperidine rings is 1. The highest BCUT2D eigenvalue weighted by atomic mass is 16.6. The lowest BCUT2D eigenvalue weighted by atomic mass is 9.86. The van der Waals surface area contributed by atoms with E-state index >= 15 is 0 Å².